The number of methoxy groups -OCH3 is 3. The van der Waals surface area contributed by atoms with Crippen molar-refractivity contribution in [2.24, 2.45) is 0 Å². The van der Waals surface area contributed by atoms with Crippen LogP contribution < -0.4 is 14.2 Å². The van der Waals surface area contributed by atoms with E-state index in [0.29, 0.717) is 6.61 Å². The summed E-state index contributed by atoms with van der Waals surface area (Å²) in [5, 5.41) is 0. The van der Waals surface area contributed by atoms with Crippen LogP contribution in [0.15, 0.2) is 11.6 Å². The van der Waals surface area contributed by atoms with Gasteiger partial charge in [0.05, 0.1) is 20.8 Å². The Kier molecular flexibility index (Phi) is 14.1. The third-order valence-corrected chi connectivity index (χ3v) is 6.15. The molecule has 1 rings (SSSR count). The maximum absolute atomic E-state index is 6.33. The highest BCUT2D eigenvalue weighted by Gasteiger charge is 2.22. The van der Waals surface area contributed by atoms with E-state index >= 15 is 0 Å². The molecule has 0 aromatic heterocycles. The first-order chi connectivity index (χ1) is 15.0. The summed E-state index contributed by atoms with van der Waals surface area (Å²) in [6.07, 6.45) is 14.1. The van der Waals surface area contributed by atoms with Gasteiger partial charge < -0.3 is 18.9 Å². The Labute approximate surface area is 191 Å². The Morgan fingerprint density at radius 1 is 0.710 bits per heavy atom. The number of allylic oxidation sites excluding steroid dienone is 2. The normalized spacial score (nSPS) is 11.6. The van der Waals surface area contributed by atoms with E-state index in [1.165, 1.54) is 61.6 Å². The number of ether oxygens (including phenoxy) is 4. The molecule has 0 atom stereocenters. The van der Waals surface area contributed by atoms with E-state index in [4.69, 9.17) is 18.9 Å². The SMILES string of the molecule is CC/C(C)=C/Cc1c(C)c(C)c(OC)c(OC)c1OCCCCCCCCCCOC. The molecule has 0 fully saturated rings. The fourth-order valence-electron chi connectivity index (χ4n) is 3.81. The van der Waals surface area contributed by atoms with Crippen molar-refractivity contribution in [3.8, 4) is 17.2 Å². The summed E-state index contributed by atoms with van der Waals surface area (Å²) >= 11 is 0. The van der Waals surface area contributed by atoms with Crippen molar-refractivity contribution in [1.29, 1.82) is 0 Å². The highest BCUT2D eigenvalue weighted by Crippen LogP contribution is 2.45. The zero-order valence-corrected chi connectivity index (χ0v) is 21.2. The van der Waals surface area contributed by atoms with E-state index in [-0.39, 0.29) is 0 Å². The van der Waals surface area contributed by atoms with Gasteiger partial charge >= 0.3 is 0 Å². The van der Waals surface area contributed by atoms with Gasteiger partial charge in [-0.1, -0.05) is 57.1 Å². The minimum absolute atomic E-state index is 0.708. The highest BCUT2D eigenvalue weighted by molar-refractivity contribution is 5.63. The molecular weight excluding hydrogens is 388 g/mol. The summed E-state index contributed by atoms with van der Waals surface area (Å²) in [4.78, 5) is 0. The van der Waals surface area contributed by atoms with Crippen molar-refractivity contribution in [2.45, 2.75) is 91.9 Å². The van der Waals surface area contributed by atoms with Crippen molar-refractivity contribution in [3.63, 3.8) is 0 Å². The third-order valence-electron chi connectivity index (χ3n) is 6.15. The van der Waals surface area contributed by atoms with Crippen molar-refractivity contribution in [3.05, 3.63) is 28.3 Å². The van der Waals surface area contributed by atoms with Crippen LogP contribution in [-0.2, 0) is 11.2 Å². The largest absolute Gasteiger partial charge is 0.492 e. The van der Waals surface area contributed by atoms with Crippen molar-refractivity contribution < 1.29 is 18.9 Å². The van der Waals surface area contributed by atoms with Crippen LogP contribution >= 0.6 is 0 Å². The zero-order valence-electron chi connectivity index (χ0n) is 21.2. The van der Waals surface area contributed by atoms with Gasteiger partial charge in [-0.25, -0.2) is 0 Å². The molecule has 0 saturated carbocycles. The van der Waals surface area contributed by atoms with Crippen molar-refractivity contribution >= 4 is 0 Å². The second-order valence-corrected chi connectivity index (χ2v) is 8.40. The molecule has 0 aliphatic carbocycles. The summed E-state index contributed by atoms with van der Waals surface area (Å²) in [5.41, 5.74) is 4.94. The molecule has 0 saturated heterocycles. The molecule has 178 valence electrons. The lowest BCUT2D eigenvalue weighted by Gasteiger charge is -2.22. The fourth-order valence-corrected chi connectivity index (χ4v) is 3.81. The van der Waals surface area contributed by atoms with Crippen LogP contribution in [0.25, 0.3) is 0 Å². The smallest absolute Gasteiger partial charge is 0.203 e. The number of benzene rings is 1. The van der Waals surface area contributed by atoms with E-state index in [0.717, 1.165) is 48.7 Å². The molecule has 1 aromatic carbocycles. The summed E-state index contributed by atoms with van der Waals surface area (Å²) in [7, 11) is 5.17. The molecule has 0 aliphatic rings. The molecular formula is C27H46O4. The molecule has 0 radical (unpaired) electrons. The molecule has 0 heterocycles. The van der Waals surface area contributed by atoms with Gasteiger partial charge in [-0.15, -0.1) is 0 Å². The number of hydrogen-bond donors (Lipinski definition) is 0. The average molecular weight is 435 g/mol. The van der Waals surface area contributed by atoms with Crippen molar-refractivity contribution in [1.82, 2.24) is 0 Å². The van der Waals surface area contributed by atoms with Gasteiger partial charge in [0.15, 0.2) is 11.5 Å². The van der Waals surface area contributed by atoms with E-state index in [9.17, 15) is 0 Å². The standard InChI is InChI=1S/C27H46O4/c1-8-21(2)17-18-24-22(3)23(4)25(29-6)27(30-7)26(24)31-20-16-14-12-10-9-11-13-15-19-28-5/h17H,8-16,18-20H2,1-7H3/b21-17+. The Bertz CT molecular complexity index is 664. The quantitative estimate of drug-likeness (QED) is 0.189. The van der Waals surface area contributed by atoms with Gasteiger partial charge in [0, 0.05) is 19.3 Å². The van der Waals surface area contributed by atoms with Gasteiger partial charge in [0.25, 0.3) is 0 Å². The first-order valence-corrected chi connectivity index (χ1v) is 12.0. The van der Waals surface area contributed by atoms with E-state index in [1.807, 2.05) is 0 Å². The molecule has 0 spiro atoms. The van der Waals surface area contributed by atoms with Crippen LogP contribution in [0.5, 0.6) is 17.2 Å². The number of rotatable bonds is 17. The second-order valence-electron chi connectivity index (χ2n) is 8.40. The van der Waals surface area contributed by atoms with E-state index < -0.39 is 0 Å². The Morgan fingerprint density at radius 3 is 1.77 bits per heavy atom. The van der Waals surface area contributed by atoms with Gasteiger partial charge in [-0.3, -0.25) is 0 Å². The predicted octanol–water partition coefficient (Wildman–Crippen LogP) is 7.37. The lowest BCUT2D eigenvalue weighted by molar-refractivity contribution is 0.192. The molecule has 0 unspecified atom stereocenters. The van der Waals surface area contributed by atoms with Crippen LogP contribution in [-0.4, -0.2) is 34.5 Å². The predicted molar refractivity (Wildman–Crippen MR) is 131 cm³/mol. The summed E-state index contributed by atoms with van der Waals surface area (Å²) < 4.78 is 22.8. The van der Waals surface area contributed by atoms with Crippen LogP contribution in [0.1, 0.15) is 88.3 Å². The van der Waals surface area contributed by atoms with Crippen molar-refractivity contribution in [2.75, 3.05) is 34.5 Å². The van der Waals surface area contributed by atoms with Gasteiger partial charge in [0.1, 0.15) is 0 Å². The Balaban J connectivity index is 2.69. The number of hydrogen-bond acceptors (Lipinski definition) is 4. The Morgan fingerprint density at radius 2 is 1.26 bits per heavy atom. The molecule has 0 aliphatic heterocycles. The van der Waals surface area contributed by atoms with Gasteiger partial charge in [-0.2, -0.15) is 0 Å². The highest BCUT2D eigenvalue weighted by atomic mass is 16.5. The summed E-state index contributed by atoms with van der Waals surface area (Å²) in [5.74, 6) is 2.35. The van der Waals surface area contributed by atoms with Gasteiger partial charge in [0.2, 0.25) is 5.75 Å². The van der Waals surface area contributed by atoms with E-state index in [1.54, 1.807) is 21.3 Å². The number of unbranched alkanes of at least 4 members (excludes halogenated alkanes) is 7. The maximum atomic E-state index is 6.33. The lowest BCUT2D eigenvalue weighted by atomic mass is 9.96. The first kappa shape index (κ1) is 27.4. The van der Waals surface area contributed by atoms with Gasteiger partial charge in [-0.05, 0) is 57.6 Å². The minimum Gasteiger partial charge on any atom is -0.492 e. The zero-order chi connectivity index (χ0) is 23.1. The molecule has 1 aromatic rings. The van der Waals surface area contributed by atoms with Crippen LogP contribution in [0.2, 0.25) is 0 Å². The molecule has 0 amide bonds. The summed E-state index contributed by atoms with van der Waals surface area (Å²) in [6, 6.07) is 0. The van der Waals surface area contributed by atoms with E-state index in [2.05, 4.69) is 33.8 Å². The minimum atomic E-state index is 0.708. The summed E-state index contributed by atoms with van der Waals surface area (Å²) in [6.45, 7) is 10.2. The maximum Gasteiger partial charge on any atom is 0.203 e. The monoisotopic (exact) mass is 434 g/mol. The molecule has 31 heavy (non-hydrogen) atoms. The molecule has 0 bridgehead atoms. The fraction of sp³-hybridized carbons (Fsp3) is 0.704. The van der Waals surface area contributed by atoms with Crippen LogP contribution in [0, 0.1) is 13.8 Å². The first-order valence-electron chi connectivity index (χ1n) is 12.0. The Hall–Kier alpha value is -1.68. The lowest BCUT2D eigenvalue weighted by Crippen LogP contribution is -2.07. The topological polar surface area (TPSA) is 36.9 Å². The van der Waals surface area contributed by atoms with Crippen LogP contribution in [0.3, 0.4) is 0 Å². The van der Waals surface area contributed by atoms with Crippen LogP contribution in [0.4, 0.5) is 0 Å². The molecule has 0 N–H and O–H groups in total. The third kappa shape index (κ3) is 9.14. The second kappa shape index (κ2) is 16.0. The molecule has 4 nitrogen and oxygen atoms in total. The molecule has 4 heteroatoms. The average Bonchev–Trinajstić information content (AvgIpc) is 2.78.